The van der Waals surface area contributed by atoms with Crippen LogP contribution in [0.1, 0.15) is 92.9 Å². The molecule has 1 aromatic carbocycles. The number of carbonyl (C=O) groups excluding carboxylic acids is 4. The third kappa shape index (κ3) is 6.31. The van der Waals surface area contributed by atoms with Gasteiger partial charge in [-0.25, -0.2) is 9.59 Å². The van der Waals surface area contributed by atoms with Crippen molar-refractivity contribution in [1.29, 1.82) is 0 Å². The van der Waals surface area contributed by atoms with E-state index in [9.17, 15) is 19.2 Å². The Morgan fingerprint density at radius 3 is 2.22 bits per heavy atom. The number of alkyl carbamates (subject to hydrolysis) is 1. The molecule has 1 fully saturated rings. The molecular formula is C24H32N2O6. The van der Waals surface area contributed by atoms with Crippen LogP contribution < -0.4 is 5.32 Å². The van der Waals surface area contributed by atoms with Crippen LogP contribution in [0.2, 0.25) is 0 Å². The van der Waals surface area contributed by atoms with Gasteiger partial charge in [0.25, 0.3) is 11.8 Å². The maximum atomic E-state index is 12.4. The molecule has 8 heteroatoms. The Balaban J connectivity index is 1.57. The first-order chi connectivity index (χ1) is 15.1. The van der Waals surface area contributed by atoms with Gasteiger partial charge in [0.1, 0.15) is 5.60 Å². The van der Waals surface area contributed by atoms with Crippen LogP contribution in [0.15, 0.2) is 24.3 Å². The molecule has 1 aliphatic heterocycles. The number of fused-ring (bicyclic) bond motifs is 1. The average molecular weight is 445 g/mol. The summed E-state index contributed by atoms with van der Waals surface area (Å²) in [7, 11) is 0. The summed E-state index contributed by atoms with van der Waals surface area (Å²) in [5.74, 6) is -1.51. The normalized spacial score (nSPS) is 17.7. The van der Waals surface area contributed by atoms with Gasteiger partial charge in [0.05, 0.1) is 11.1 Å². The second-order valence-corrected chi connectivity index (χ2v) is 9.54. The molecule has 3 amide bonds. The number of nitrogens with one attached hydrogen (secondary N) is 1. The Bertz CT molecular complexity index is 834. The lowest BCUT2D eigenvalue weighted by molar-refractivity contribution is -0.168. The highest BCUT2D eigenvalue weighted by Crippen LogP contribution is 2.29. The first kappa shape index (κ1) is 23.8. The minimum Gasteiger partial charge on any atom is -0.444 e. The third-order valence-electron chi connectivity index (χ3n) is 5.71. The Labute approximate surface area is 188 Å². The number of rotatable bonds is 7. The van der Waals surface area contributed by atoms with E-state index in [2.05, 4.69) is 5.32 Å². The van der Waals surface area contributed by atoms with Crippen molar-refractivity contribution in [1.82, 2.24) is 10.4 Å². The standard InChI is InChI=1S/C24H32N2O6/c1-24(2,3)31-23(30)25-17(15-16-9-5-4-6-10-16)13-14-20(27)32-26-21(28)18-11-7-8-12-19(18)22(26)29/h7-8,11-12,16-17H,4-6,9-10,13-15H2,1-3H3,(H,25,30). The van der Waals surface area contributed by atoms with Crippen molar-refractivity contribution in [2.45, 2.75) is 83.8 Å². The van der Waals surface area contributed by atoms with Crippen molar-refractivity contribution in [3.05, 3.63) is 35.4 Å². The van der Waals surface area contributed by atoms with Gasteiger partial charge in [-0.2, -0.15) is 0 Å². The van der Waals surface area contributed by atoms with Gasteiger partial charge >= 0.3 is 12.1 Å². The molecule has 1 atom stereocenters. The Kier molecular flexibility index (Phi) is 7.53. The summed E-state index contributed by atoms with van der Waals surface area (Å²) in [5, 5.41) is 3.40. The number of imide groups is 1. The van der Waals surface area contributed by atoms with E-state index in [-0.39, 0.29) is 23.6 Å². The molecule has 1 N–H and O–H groups in total. The highest BCUT2D eigenvalue weighted by atomic mass is 16.7. The van der Waals surface area contributed by atoms with E-state index in [0.717, 1.165) is 19.3 Å². The molecule has 0 radical (unpaired) electrons. The summed E-state index contributed by atoms with van der Waals surface area (Å²) < 4.78 is 5.37. The van der Waals surface area contributed by atoms with Crippen molar-refractivity contribution in [2.75, 3.05) is 0 Å². The number of hydroxylamine groups is 2. The summed E-state index contributed by atoms with van der Waals surface area (Å²) in [6.07, 6.45) is 6.30. The Morgan fingerprint density at radius 2 is 1.66 bits per heavy atom. The molecule has 1 saturated carbocycles. The molecule has 174 valence electrons. The number of carbonyl (C=O) groups is 4. The monoisotopic (exact) mass is 444 g/mol. The molecule has 0 spiro atoms. The zero-order valence-corrected chi connectivity index (χ0v) is 19.0. The van der Waals surface area contributed by atoms with Crippen molar-refractivity contribution in [3.63, 3.8) is 0 Å². The van der Waals surface area contributed by atoms with Gasteiger partial charge in [-0.05, 0) is 51.7 Å². The van der Waals surface area contributed by atoms with E-state index in [0.29, 0.717) is 17.4 Å². The third-order valence-corrected chi connectivity index (χ3v) is 5.71. The Morgan fingerprint density at radius 1 is 1.06 bits per heavy atom. The quantitative estimate of drug-likeness (QED) is 0.626. The van der Waals surface area contributed by atoms with Gasteiger partial charge in [0, 0.05) is 12.5 Å². The lowest BCUT2D eigenvalue weighted by Crippen LogP contribution is -2.41. The largest absolute Gasteiger partial charge is 0.444 e. The van der Waals surface area contributed by atoms with Crippen LogP contribution in [-0.4, -0.2) is 40.6 Å². The lowest BCUT2D eigenvalue weighted by Gasteiger charge is -2.28. The summed E-state index contributed by atoms with van der Waals surface area (Å²) in [4.78, 5) is 54.6. The molecule has 0 saturated heterocycles. The van der Waals surface area contributed by atoms with Crippen LogP contribution in [0, 0.1) is 5.92 Å². The number of nitrogens with zero attached hydrogens (tertiary/aromatic N) is 1. The number of hydrogen-bond acceptors (Lipinski definition) is 6. The molecule has 2 aliphatic rings. The average Bonchev–Trinajstić information content (AvgIpc) is 2.96. The predicted octanol–water partition coefficient (Wildman–Crippen LogP) is 4.38. The van der Waals surface area contributed by atoms with E-state index in [1.165, 1.54) is 31.4 Å². The fourth-order valence-corrected chi connectivity index (χ4v) is 4.24. The molecule has 32 heavy (non-hydrogen) atoms. The molecule has 1 aliphatic carbocycles. The molecule has 1 aromatic rings. The van der Waals surface area contributed by atoms with Gasteiger partial charge in [-0.15, -0.1) is 0 Å². The summed E-state index contributed by atoms with van der Waals surface area (Å²) >= 11 is 0. The van der Waals surface area contributed by atoms with Gasteiger partial charge in [0.15, 0.2) is 0 Å². The van der Waals surface area contributed by atoms with Gasteiger partial charge < -0.3 is 14.9 Å². The van der Waals surface area contributed by atoms with Gasteiger partial charge in [-0.1, -0.05) is 49.3 Å². The van der Waals surface area contributed by atoms with Crippen LogP contribution in [0.4, 0.5) is 4.79 Å². The Hall–Kier alpha value is -2.90. The second kappa shape index (κ2) is 10.1. The SMILES string of the molecule is CC(C)(C)OC(=O)NC(CCC(=O)ON1C(=O)c2ccccc2C1=O)CC1CCCCC1. The zero-order chi connectivity index (χ0) is 23.3. The molecule has 8 nitrogen and oxygen atoms in total. The summed E-state index contributed by atoms with van der Waals surface area (Å²) in [6.45, 7) is 5.38. The fraction of sp³-hybridized carbons (Fsp3) is 0.583. The maximum Gasteiger partial charge on any atom is 0.407 e. The van der Waals surface area contributed by atoms with E-state index < -0.39 is 29.5 Å². The highest BCUT2D eigenvalue weighted by molar-refractivity contribution is 6.20. The maximum absolute atomic E-state index is 12.4. The minimum atomic E-state index is -0.695. The van der Waals surface area contributed by atoms with Crippen LogP contribution in [0.25, 0.3) is 0 Å². The van der Waals surface area contributed by atoms with Gasteiger partial charge in [-0.3, -0.25) is 9.59 Å². The minimum absolute atomic E-state index is 0.0411. The zero-order valence-electron chi connectivity index (χ0n) is 19.0. The molecule has 1 heterocycles. The summed E-state index contributed by atoms with van der Waals surface area (Å²) in [6, 6.07) is 6.08. The smallest absolute Gasteiger partial charge is 0.407 e. The summed E-state index contributed by atoms with van der Waals surface area (Å²) in [5.41, 5.74) is -0.191. The van der Waals surface area contributed by atoms with Gasteiger partial charge in [0.2, 0.25) is 0 Å². The number of ether oxygens (including phenoxy) is 1. The van der Waals surface area contributed by atoms with Crippen LogP contribution in [0.5, 0.6) is 0 Å². The topological polar surface area (TPSA) is 102 Å². The van der Waals surface area contributed by atoms with Crippen LogP contribution >= 0.6 is 0 Å². The molecule has 1 unspecified atom stereocenters. The first-order valence-electron chi connectivity index (χ1n) is 11.3. The molecule has 0 bridgehead atoms. The predicted molar refractivity (Wildman–Crippen MR) is 117 cm³/mol. The van der Waals surface area contributed by atoms with E-state index >= 15 is 0 Å². The highest BCUT2D eigenvalue weighted by Gasteiger charge is 2.38. The fourth-order valence-electron chi connectivity index (χ4n) is 4.24. The lowest BCUT2D eigenvalue weighted by atomic mass is 9.84. The number of amides is 3. The van der Waals surface area contributed by atoms with Crippen molar-refractivity contribution in [3.8, 4) is 0 Å². The first-order valence-corrected chi connectivity index (χ1v) is 11.3. The van der Waals surface area contributed by atoms with Crippen LogP contribution in [0.3, 0.4) is 0 Å². The van der Waals surface area contributed by atoms with Crippen molar-refractivity contribution in [2.24, 2.45) is 5.92 Å². The molecular weight excluding hydrogens is 412 g/mol. The van der Waals surface area contributed by atoms with Crippen molar-refractivity contribution >= 4 is 23.9 Å². The van der Waals surface area contributed by atoms with Crippen molar-refractivity contribution < 1.29 is 28.8 Å². The molecule has 0 aromatic heterocycles. The molecule has 3 rings (SSSR count). The van der Waals surface area contributed by atoms with E-state index in [1.807, 2.05) is 0 Å². The van der Waals surface area contributed by atoms with E-state index in [1.54, 1.807) is 32.9 Å². The number of benzene rings is 1. The van der Waals surface area contributed by atoms with Crippen LogP contribution in [-0.2, 0) is 14.4 Å². The second-order valence-electron chi connectivity index (χ2n) is 9.54. The van der Waals surface area contributed by atoms with E-state index in [4.69, 9.17) is 9.57 Å². The number of hydrogen-bond donors (Lipinski definition) is 1.